The van der Waals surface area contributed by atoms with Crippen LogP contribution in [0.4, 0.5) is 65.9 Å². The Morgan fingerprint density at radius 1 is 0.647 bits per heavy atom. The molecule has 0 aliphatic carbocycles. The number of rotatable bonds is 12. The first-order valence-corrected chi connectivity index (χ1v) is 8.65. The highest BCUT2D eigenvalue weighted by atomic mass is 19.4. The summed E-state index contributed by atoms with van der Waals surface area (Å²) < 4.78 is 199. The molecule has 202 valence electrons. The number of esters is 1. The zero-order valence-corrected chi connectivity index (χ0v) is 16.4. The molecule has 0 aliphatic rings. The molecule has 0 spiro atoms. The van der Waals surface area contributed by atoms with Gasteiger partial charge >= 0.3 is 47.7 Å². The Bertz CT molecular complexity index is 733. The fourth-order valence-corrected chi connectivity index (χ4v) is 1.96. The fourth-order valence-electron chi connectivity index (χ4n) is 1.96. The lowest BCUT2D eigenvalue weighted by Gasteiger charge is -2.41. The van der Waals surface area contributed by atoms with Crippen molar-refractivity contribution in [1.29, 1.82) is 0 Å². The Morgan fingerprint density at radius 2 is 1.06 bits per heavy atom. The summed E-state index contributed by atoms with van der Waals surface area (Å²) in [6.45, 7) is -0.438. The Balaban J connectivity index is 5.91. The van der Waals surface area contributed by atoms with Crippen molar-refractivity contribution in [3.8, 4) is 0 Å². The van der Waals surface area contributed by atoms with Crippen LogP contribution in [0.5, 0.6) is 0 Å². The maximum Gasteiger partial charge on any atom is 0.460 e. The van der Waals surface area contributed by atoms with Gasteiger partial charge < -0.3 is 10.1 Å². The highest BCUT2D eigenvalue weighted by Gasteiger charge is 2.94. The van der Waals surface area contributed by atoms with Gasteiger partial charge in [0.05, 0.1) is 6.61 Å². The number of ether oxygens (including phenoxy) is 1. The van der Waals surface area contributed by atoms with Gasteiger partial charge in [0.1, 0.15) is 6.54 Å². The van der Waals surface area contributed by atoms with Gasteiger partial charge in [-0.15, -0.1) is 0 Å². The van der Waals surface area contributed by atoms with E-state index in [2.05, 4.69) is 4.74 Å². The lowest BCUT2D eigenvalue weighted by atomic mass is 9.91. The topological polar surface area (TPSA) is 55.4 Å². The maximum absolute atomic E-state index is 13.6. The van der Waals surface area contributed by atoms with E-state index in [9.17, 15) is 75.4 Å². The van der Waals surface area contributed by atoms with Crippen molar-refractivity contribution in [1.82, 2.24) is 5.32 Å². The molecule has 0 saturated heterocycles. The molecule has 0 atom stereocenters. The molecule has 0 unspecified atom stereocenters. The summed E-state index contributed by atoms with van der Waals surface area (Å²) in [5, 5.41) is 0.549. The molecule has 0 aromatic carbocycles. The van der Waals surface area contributed by atoms with Crippen LogP contribution in [0.15, 0.2) is 0 Å². The highest BCUT2D eigenvalue weighted by molar-refractivity contribution is 5.88. The fraction of sp³-hybridized carbons (Fsp3) is 0.867. The smallest absolute Gasteiger partial charge is 0.460 e. The summed E-state index contributed by atoms with van der Waals surface area (Å²) in [7, 11) is 0. The third-order valence-electron chi connectivity index (χ3n) is 4.02. The number of carbonyl (C=O) groups is 2. The van der Waals surface area contributed by atoms with Crippen molar-refractivity contribution in [3.05, 3.63) is 0 Å². The number of halogens is 15. The molecule has 0 bridgehead atoms. The van der Waals surface area contributed by atoms with Gasteiger partial charge in [-0.1, -0.05) is 19.8 Å². The second-order valence-electron chi connectivity index (χ2n) is 6.55. The van der Waals surface area contributed by atoms with E-state index in [1.54, 1.807) is 6.92 Å². The largest absolute Gasteiger partial charge is 0.464 e. The molecule has 1 amide bonds. The van der Waals surface area contributed by atoms with E-state index in [-0.39, 0.29) is 13.0 Å². The molecule has 0 rings (SSSR count). The first kappa shape index (κ1) is 31.9. The van der Waals surface area contributed by atoms with Crippen molar-refractivity contribution in [3.63, 3.8) is 0 Å². The third-order valence-corrected chi connectivity index (χ3v) is 4.02. The van der Waals surface area contributed by atoms with Crippen LogP contribution in [0.1, 0.15) is 26.2 Å². The predicted octanol–water partition coefficient (Wildman–Crippen LogP) is 5.21. The van der Waals surface area contributed by atoms with Crippen LogP contribution in [-0.4, -0.2) is 66.7 Å². The normalized spacial score (nSPS) is 14.7. The standard InChI is InChI=1S/C15H14F15NO3/c1-2-3-4-5-34-7(32)6-31-8(33)9(16,17)10(18,19)11(20,21)12(22,23)13(24,25)14(26,27)15(28,29)30/h2-6H2,1H3,(H,31,33). The van der Waals surface area contributed by atoms with Crippen molar-refractivity contribution >= 4 is 11.9 Å². The second kappa shape index (κ2) is 9.87. The van der Waals surface area contributed by atoms with E-state index >= 15 is 0 Å². The predicted molar refractivity (Wildman–Crippen MR) is 79.2 cm³/mol. The summed E-state index contributed by atoms with van der Waals surface area (Å²) >= 11 is 0. The monoisotopic (exact) mass is 541 g/mol. The Morgan fingerprint density at radius 3 is 1.47 bits per heavy atom. The molecule has 0 aromatic rings. The van der Waals surface area contributed by atoms with Gasteiger partial charge in [0.15, 0.2) is 0 Å². The van der Waals surface area contributed by atoms with Crippen molar-refractivity contribution in [2.24, 2.45) is 0 Å². The molecular formula is C15H14F15NO3. The quantitative estimate of drug-likeness (QED) is 0.210. The van der Waals surface area contributed by atoms with Crippen molar-refractivity contribution in [2.45, 2.75) is 67.9 Å². The van der Waals surface area contributed by atoms with Crippen LogP contribution >= 0.6 is 0 Å². The van der Waals surface area contributed by atoms with Gasteiger partial charge in [0.2, 0.25) is 0 Å². The van der Waals surface area contributed by atoms with E-state index in [0.717, 1.165) is 0 Å². The van der Waals surface area contributed by atoms with E-state index in [4.69, 9.17) is 0 Å². The minimum atomic E-state index is -8.50. The van der Waals surface area contributed by atoms with E-state index in [1.165, 1.54) is 0 Å². The van der Waals surface area contributed by atoms with Crippen LogP contribution in [0.25, 0.3) is 0 Å². The van der Waals surface area contributed by atoms with Crippen LogP contribution in [-0.2, 0) is 14.3 Å². The summed E-state index contributed by atoms with van der Waals surface area (Å²) in [5.74, 6) is -53.8. The molecule has 0 aliphatic heterocycles. The molecule has 0 aromatic heterocycles. The number of carbonyl (C=O) groups excluding carboxylic acids is 2. The van der Waals surface area contributed by atoms with Gasteiger partial charge in [-0.05, 0) is 6.42 Å². The molecule has 0 radical (unpaired) electrons. The molecule has 34 heavy (non-hydrogen) atoms. The van der Waals surface area contributed by atoms with Crippen LogP contribution in [0.2, 0.25) is 0 Å². The number of hydrogen-bond acceptors (Lipinski definition) is 3. The summed E-state index contributed by atoms with van der Waals surface area (Å²) in [5.41, 5.74) is 0. The number of alkyl halides is 15. The Labute approximate surface area is 179 Å². The van der Waals surface area contributed by atoms with Crippen LogP contribution in [0.3, 0.4) is 0 Å². The zero-order valence-electron chi connectivity index (χ0n) is 16.4. The van der Waals surface area contributed by atoms with Gasteiger partial charge in [-0.25, -0.2) is 0 Å². The van der Waals surface area contributed by atoms with E-state index in [0.29, 0.717) is 18.2 Å². The second-order valence-corrected chi connectivity index (χ2v) is 6.55. The van der Waals surface area contributed by atoms with Gasteiger partial charge in [-0.2, -0.15) is 65.9 Å². The van der Waals surface area contributed by atoms with Crippen LogP contribution in [0, 0.1) is 0 Å². The molecule has 0 fully saturated rings. The van der Waals surface area contributed by atoms with Crippen molar-refractivity contribution < 1.29 is 80.2 Å². The zero-order chi connectivity index (χ0) is 27.6. The Hall–Kier alpha value is -2.11. The van der Waals surface area contributed by atoms with E-state index < -0.39 is 60.1 Å². The summed E-state index contributed by atoms with van der Waals surface area (Å²) in [4.78, 5) is 22.3. The van der Waals surface area contributed by atoms with Crippen molar-refractivity contribution in [2.75, 3.05) is 13.2 Å². The van der Waals surface area contributed by atoms with Crippen LogP contribution < -0.4 is 5.32 Å². The number of hydrogen-bond donors (Lipinski definition) is 1. The minimum Gasteiger partial charge on any atom is -0.464 e. The molecular weight excluding hydrogens is 527 g/mol. The molecule has 0 heterocycles. The lowest BCUT2D eigenvalue weighted by molar-refractivity contribution is -0.449. The average molecular weight is 541 g/mol. The van der Waals surface area contributed by atoms with E-state index in [1.807, 2.05) is 0 Å². The Kier molecular flexibility index (Phi) is 9.25. The highest BCUT2D eigenvalue weighted by Crippen LogP contribution is 2.62. The minimum absolute atomic E-state index is 0.197. The first-order chi connectivity index (χ1) is 14.9. The summed E-state index contributed by atoms with van der Waals surface area (Å²) in [6.07, 6.45) is -6.45. The van der Waals surface area contributed by atoms with Gasteiger partial charge in [0, 0.05) is 0 Å². The van der Waals surface area contributed by atoms with Gasteiger partial charge in [0.25, 0.3) is 5.91 Å². The van der Waals surface area contributed by atoms with Gasteiger partial charge in [-0.3, -0.25) is 9.59 Å². The average Bonchev–Trinajstić information content (AvgIpc) is 2.67. The number of nitrogens with one attached hydrogen (secondary N) is 1. The molecule has 1 N–H and O–H groups in total. The SMILES string of the molecule is CCCCCOC(=O)CNC(=O)C(F)(F)C(F)(F)C(F)(F)C(F)(F)C(F)(F)C(F)(F)C(F)(F)F. The molecule has 19 heteroatoms. The first-order valence-electron chi connectivity index (χ1n) is 8.65. The maximum atomic E-state index is 13.6. The number of unbranched alkanes of at least 4 members (excludes halogenated alkanes) is 2. The third kappa shape index (κ3) is 5.26. The molecule has 4 nitrogen and oxygen atoms in total. The lowest BCUT2D eigenvalue weighted by Crippen LogP contribution is -2.74. The molecule has 0 saturated carbocycles. The summed E-state index contributed by atoms with van der Waals surface area (Å²) in [6, 6.07) is 0. The number of amides is 1.